The van der Waals surface area contributed by atoms with Crippen LogP contribution in [0, 0.1) is 0 Å². The van der Waals surface area contributed by atoms with E-state index in [0.29, 0.717) is 0 Å². The highest BCUT2D eigenvalue weighted by molar-refractivity contribution is 14.1. The summed E-state index contributed by atoms with van der Waals surface area (Å²) in [4.78, 5) is 0. The van der Waals surface area contributed by atoms with Gasteiger partial charge in [-0.15, -0.1) is 0 Å². The molecule has 0 aliphatic heterocycles. The van der Waals surface area contributed by atoms with Crippen LogP contribution in [-0.2, 0) is 0 Å². The molecule has 0 saturated heterocycles. The summed E-state index contributed by atoms with van der Waals surface area (Å²) in [6, 6.07) is 0. The van der Waals surface area contributed by atoms with Crippen LogP contribution in [0.5, 0.6) is 0 Å². The van der Waals surface area contributed by atoms with Crippen molar-refractivity contribution in [2.45, 2.75) is 15.2 Å². The normalized spacial score (nSPS) is 19.6. The third kappa shape index (κ3) is 2.27. The molecule has 0 N–H and O–H groups in total. The molecule has 0 amide bonds. The summed E-state index contributed by atoms with van der Waals surface area (Å²) in [6.07, 6.45) is -5.97. The summed E-state index contributed by atoms with van der Waals surface area (Å²) < 4.78 is 65.2. The van der Waals surface area contributed by atoms with Crippen LogP contribution in [0.4, 0.5) is 26.3 Å². The van der Waals surface area contributed by atoms with E-state index in [1.54, 1.807) is 0 Å². The van der Waals surface area contributed by atoms with Crippen molar-refractivity contribution in [2.75, 3.05) is 0 Å². The van der Waals surface area contributed by atoms with Crippen LogP contribution in [0.15, 0.2) is 0 Å². The van der Waals surface area contributed by atoms with Crippen LogP contribution in [0.2, 0.25) is 0 Å². The van der Waals surface area contributed by atoms with Gasteiger partial charge >= 0.3 is 15.2 Å². The predicted octanol–water partition coefficient (Wildman–Crippen LogP) is 3.48. The molecule has 0 rings (SSSR count). The molecule has 11 heavy (non-hydrogen) atoms. The minimum atomic E-state index is -5.97. The Bertz CT molecular complexity index is 129. The Balaban J connectivity index is 4.75. The number of hydrogen-bond donors (Lipinski definition) is 0. The number of hydrogen-bond acceptors (Lipinski definition) is 0. The smallest absolute Gasteiger partial charge is 0.207 e. The van der Waals surface area contributed by atoms with Gasteiger partial charge in [0.15, 0.2) is 0 Å². The van der Waals surface area contributed by atoms with Crippen molar-refractivity contribution in [1.82, 2.24) is 0 Å². The highest BCUT2D eigenvalue weighted by Crippen LogP contribution is 2.51. The molecule has 68 valence electrons. The Hall–Kier alpha value is 0.600. The lowest BCUT2D eigenvalue weighted by Gasteiger charge is -2.24. The summed E-state index contributed by atoms with van der Waals surface area (Å²) >= 11 is 4.33. The van der Waals surface area contributed by atoms with Gasteiger partial charge in [-0.05, 0) is 22.6 Å². The number of rotatable bonds is 1. The largest absolute Gasteiger partial charge is 0.459 e. The average molecular weight is 312 g/mol. The molecule has 8 heteroatoms. The third-order valence-electron chi connectivity index (χ3n) is 0.712. The van der Waals surface area contributed by atoms with Gasteiger partial charge in [-0.1, -0.05) is 11.6 Å². The van der Waals surface area contributed by atoms with Crippen LogP contribution in [0.1, 0.15) is 0 Å². The van der Waals surface area contributed by atoms with E-state index in [0.717, 1.165) is 0 Å². The lowest BCUT2D eigenvalue weighted by atomic mass is 10.4. The molecule has 0 bridgehead atoms. The van der Waals surface area contributed by atoms with Crippen molar-refractivity contribution in [2.24, 2.45) is 0 Å². The fourth-order valence-electron chi connectivity index (χ4n) is 0.161. The maximum absolute atomic E-state index is 11.9. The zero-order valence-corrected chi connectivity index (χ0v) is 7.44. The van der Waals surface area contributed by atoms with Crippen molar-refractivity contribution in [3.05, 3.63) is 0 Å². The Morgan fingerprint density at radius 1 is 0.909 bits per heavy atom. The summed E-state index contributed by atoms with van der Waals surface area (Å²) in [5, 5.41) is 0. The SMILES string of the molecule is FC(F)(F)C(F)(F)C(F)(Cl)I. The monoisotopic (exact) mass is 312 g/mol. The zero-order valence-electron chi connectivity index (χ0n) is 4.52. The van der Waals surface area contributed by atoms with E-state index in [1.807, 2.05) is 0 Å². The van der Waals surface area contributed by atoms with E-state index in [1.165, 1.54) is 0 Å². The van der Waals surface area contributed by atoms with Gasteiger partial charge < -0.3 is 0 Å². The van der Waals surface area contributed by atoms with E-state index >= 15 is 0 Å². The molecular weight excluding hydrogens is 312 g/mol. The van der Waals surface area contributed by atoms with E-state index in [-0.39, 0.29) is 22.6 Å². The van der Waals surface area contributed by atoms with Crippen molar-refractivity contribution >= 4 is 34.2 Å². The molecule has 0 aliphatic rings. The minimum Gasteiger partial charge on any atom is -0.207 e. The summed E-state index contributed by atoms with van der Waals surface area (Å²) in [7, 11) is 0. The summed E-state index contributed by atoms with van der Waals surface area (Å²) in [5.41, 5.74) is 0. The van der Waals surface area contributed by atoms with Crippen molar-refractivity contribution in [3.63, 3.8) is 0 Å². The Morgan fingerprint density at radius 2 is 1.18 bits per heavy atom. The van der Waals surface area contributed by atoms with E-state index in [2.05, 4.69) is 11.6 Å². The number of alkyl halides is 8. The molecule has 0 nitrogen and oxygen atoms in total. The lowest BCUT2D eigenvalue weighted by molar-refractivity contribution is -0.295. The molecule has 0 aromatic rings. The van der Waals surface area contributed by atoms with Gasteiger partial charge in [-0.25, -0.2) is 4.39 Å². The summed E-state index contributed by atoms with van der Waals surface area (Å²) in [5.74, 6) is -5.54. The second-order valence-corrected chi connectivity index (χ2v) is 4.21. The molecule has 0 aromatic heterocycles. The number of halogens is 8. The minimum absolute atomic E-state index is 0.173. The van der Waals surface area contributed by atoms with Crippen LogP contribution >= 0.6 is 34.2 Å². The fourth-order valence-corrected chi connectivity index (χ4v) is 0.574. The molecule has 0 radical (unpaired) electrons. The van der Waals surface area contributed by atoms with Crippen molar-refractivity contribution in [1.29, 1.82) is 0 Å². The first-order chi connectivity index (χ1) is 4.50. The van der Waals surface area contributed by atoms with Gasteiger partial charge in [0.25, 0.3) is 0 Å². The van der Waals surface area contributed by atoms with E-state index in [9.17, 15) is 26.3 Å². The Morgan fingerprint density at radius 3 is 1.18 bits per heavy atom. The molecule has 0 fully saturated rings. The van der Waals surface area contributed by atoms with Crippen LogP contribution in [0.3, 0.4) is 0 Å². The van der Waals surface area contributed by atoms with Gasteiger partial charge in [0.1, 0.15) is 0 Å². The fraction of sp³-hybridized carbons (Fsp3) is 1.00. The van der Waals surface area contributed by atoms with Gasteiger partial charge in [0.05, 0.1) is 0 Å². The maximum Gasteiger partial charge on any atom is 0.459 e. The first-order valence-corrected chi connectivity index (χ1v) is 3.47. The highest BCUT2D eigenvalue weighted by atomic mass is 127. The lowest BCUT2D eigenvalue weighted by Crippen LogP contribution is -2.47. The molecule has 0 spiro atoms. The van der Waals surface area contributed by atoms with Gasteiger partial charge in [0, 0.05) is 0 Å². The van der Waals surface area contributed by atoms with Crippen molar-refractivity contribution in [3.8, 4) is 0 Å². The Labute approximate surface area is 76.0 Å². The average Bonchev–Trinajstić information content (AvgIpc) is 1.58. The second-order valence-electron chi connectivity index (χ2n) is 1.57. The van der Waals surface area contributed by atoms with Crippen molar-refractivity contribution < 1.29 is 26.3 Å². The molecule has 0 aliphatic carbocycles. The van der Waals surface area contributed by atoms with Gasteiger partial charge in [0.2, 0.25) is 0 Å². The molecule has 0 heterocycles. The van der Waals surface area contributed by atoms with Gasteiger partial charge in [-0.3, -0.25) is 0 Å². The maximum atomic E-state index is 11.9. The molecule has 1 unspecified atom stereocenters. The standard InChI is InChI=1S/C3ClF6I/c4-2(7,11)1(5,6)3(8,9)10. The Kier molecular flexibility index (Phi) is 2.98. The molecule has 0 aromatic carbocycles. The summed E-state index contributed by atoms with van der Waals surface area (Å²) in [6.45, 7) is 0. The quantitative estimate of drug-likeness (QED) is 0.395. The molecular formula is C3ClF6I. The third-order valence-corrected chi connectivity index (χ3v) is 1.63. The molecule has 1 atom stereocenters. The van der Waals surface area contributed by atoms with Crippen LogP contribution < -0.4 is 0 Å². The van der Waals surface area contributed by atoms with E-state index in [4.69, 9.17) is 0 Å². The van der Waals surface area contributed by atoms with E-state index < -0.39 is 15.2 Å². The highest BCUT2D eigenvalue weighted by Gasteiger charge is 2.70. The first-order valence-electron chi connectivity index (χ1n) is 2.01. The van der Waals surface area contributed by atoms with Crippen LogP contribution in [-0.4, -0.2) is 15.2 Å². The second kappa shape index (κ2) is 2.82. The first kappa shape index (κ1) is 11.6. The molecule has 0 saturated carbocycles. The van der Waals surface area contributed by atoms with Gasteiger partial charge in [-0.2, -0.15) is 22.0 Å². The van der Waals surface area contributed by atoms with Crippen LogP contribution in [0.25, 0.3) is 0 Å². The predicted molar refractivity (Wildman–Crippen MR) is 34.7 cm³/mol. The zero-order chi connectivity index (χ0) is 9.50. The topological polar surface area (TPSA) is 0 Å².